The van der Waals surface area contributed by atoms with Crippen LogP contribution in [0.2, 0.25) is 0 Å². The lowest BCUT2D eigenvalue weighted by molar-refractivity contribution is -0.118. The number of rotatable bonds is 5. The van der Waals surface area contributed by atoms with E-state index in [4.69, 9.17) is 0 Å². The van der Waals surface area contributed by atoms with Gasteiger partial charge in [0.25, 0.3) is 5.56 Å². The van der Waals surface area contributed by atoms with Gasteiger partial charge in [-0.15, -0.1) is 0 Å². The molecule has 0 radical (unpaired) electrons. The van der Waals surface area contributed by atoms with E-state index in [0.29, 0.717) is 23.1 Å². The largest absolute Gasteiger partial charge is 0.313 e. The van der Waals surface area contributed by atoms with Crippen molar-refractivity contribution in [2.45, 2.75) is 19.9 Å². The number of anilines is 1. The van der Waals surface area contributed by atoms with E-state index in [1.807, 2.05) is 13.0 Å². The molecule has 0 bridgehead atoms. The van der Waals surface area contributed by atoms with Crippen LogP contribution in [-0.4, -0.2) is 22.0 Å². The van der Waals surface area contributed by atoms with Gasteiger partial charge < -0.3 is 4.90 Å². The summed E-state index contributed by atoms with van der Waals surface area (Å²) in [5.74, 6) is -0.488. The van der Waals surface area contributed by atoms with Gasteiger partial charge in [0, 0.05) is 29.7 Å². The standard InChI is InChI=1S/C19H17BrFN3O2/c1-2-24(15-6-4-14(21)5-7-15)18(25)9-10-23-12-22-17-8-3-13(20)11-16(17)19(23)26/h3-8,11-12H,2,9-10H2,1H3. The molecule has 3 aromatic rings. The Morgan fingerprint density at radius 1 is 1.23 bits per heavy atom. The first-order valence-electron chi connectivity index (χ1n) is 8.20. The summed E-state index contributed by atoms with van der Waals surface area (Å²) >= 11 is 3.35. The number of hydrogen-bond donors (Lipinski definition) is 0. The van der Waals surface area contributed by atoms with E-state index in [9.17, 15) is 14.0 Å². The van der Waals surface area contributed by atoms with Crippen molar-refractivity contribution in [1.82, 2.24) is 9.55 Å². The minimum Gasteiger partial charge on any atom is -0.313 e. The highest BCUT2D eigenvalue weighted by molar-refractivity contribution is 9.10. The molecule has 1 heterocycles. The molecule has 0 aliphatic rings. The summed E-state index contributed by atoms with van der Waals surface area (Å²) in [6, 6.07) is 11.1. The van der Waals surface area contributed by atoms with Crippen LogP contribution < -0.4 is 10.5 Å². The lowest BCUT2D eigenvalue weighted by atomic mass is 10.2. The third-order valence-electron chi connectivity index (χ3n) is 4.11. The van der Waals surface area contributed by atoms with Gasteiger partial charge >= 0.3 is 0 Å². The van der Waals surface area contributed by atoms with E-state index >= 15 is 0 Å². The smallest absolute Gasteiger partial charge is 0.261 e. The van der Waals surface area contributed by atoms with Crippen LogP contribution in [0.15, 0.2) is 58.1 Å². The Kier molecular flexibility index (Phi) is 5.46. The van der Waals surface area contributed by atoms with Crippen molar-refractivity contribution in [1.29, 1.82) is 0 Å². The Balaban J connectivity index is 1.78. The topological polar surface area (TPSA) is 55.2 Å². The van der Waals surface area contributed by atoms with Crippen LogP contribution in [0.25, 0.3) is 10.9 Å². The maximum atomic E-state index is 13.1. The molecule has 2 aromatic carbocycles. The SMILES string of the molecule is CCN(C(=O)CCn1cnc2ccc(Br)cc2c1=O)c1ccc(F)cc1. The molecule has 0 atom stereocenters. The predicted octanol–water partition coefficient (Wildman–Crippen LogP) is 3.74. The van der Waals surface area contributed by atoms with Crippen LogP contribution in [0.3, 0.4) is 0 Å². The van der Waals surface area contributed by atoms with E-state index < -0.39 is 0 Å². The van der Waals surface area contributed by atoms with Crippen LogP contribution >= 0.6 is 15.9 Å². The number of nitrogens with zero attached hydrogens (tertiary/aromatic N) is 3. The lowest BCUT2D eigenvalue weighted by Crippen LogP contribution is -2.32. The van der Waals surface area contributed by atoms with Crippen LogP contribution in [0, 0.1) is 5.82 Å². The number of benzene rings is 2. The fraction of sp³-hybridized carbons (Fsp3) is 0.211. The number of aromatic nitrogens is 2. The van der Waals surface area contributed by atoms with Crippen molar-refractivity contribution in [2.24, 2.45) is 0 Å². The van der Waals surface area contributed by atoms with Crippen molar-refractivity contribution in [3.8, 4) is 0 Å². The maximum absolute atomic E-state index is 13.1. The molecule has 1 amide bonds. The van der Waals surface area contributed by atoms with Crippen molar-refractivity contribution >= 4 is 38.4 Å². The zero-order chi connectivity index (χ0) is 18.7. The number of halogens is 2. The molecule has 0 saturated heterocycles. The summed E-state index contributed by atoms with van der Waals surface area (Å²) < 4.78 is 15.3. The quantitative estimate of drug-likeness (QED) is 0.635. The first-order valence-corrected chi connectivity index (χ1v) is 8.99. The second-order valence-corrected chi connectivity index (χ2v) is 6.68. The zero-order valence-electron chi connectivity index (χ0n) is 14.2. The number of carbonyl (C=O) groups excluding carboxylic acids is 1. The molecule has 0 aliphatic carbocycles. The number of aryl methyl sites for hydroxylation is 1. The second-order valence-electron chi connectivity index (χ2n) is 5.77. The van der Waals surface area contributed by atoms with Crippen LogP contribution in [-0.2, 0) is 11.3 Å². The molecule has 0 fully saturated rings. The molecular weight excluding hydrogens is 401 g/mol. The Morgan fingerprint density at radius 3 is 2.65 bits per heavy atom. The number of fused-ring (bicyclic) bond motifs is 1. The molecule has 0 N–H and O–H groups in total. The van der Waals surface area contributed by atoms with Gasteiger partial charge in [0.2, 0.25) is 5.91 Å². The predicted molar refractivity (Wildman–Crippen MR) is 103 cm³/mol. The first kappa shape index (κ1) is 18.3. The zero-order valence-corrected chi connectivity index (χ0v) is 15.7. The number of hydrogen-bond acceptors (Lipinski definition) is 3. The minimum atomic E-state index is -0.350. The fourth-order valence-corrected chi connectivity index (χ4v) is 3.13. The van der Waals surface area contributed by atoms with Crippen molar-refractivity contribution in [3.63, 3.8) is 0 Å². The highest BCUT2D eigenvalue weighted by Gasteiger charge is 2.15. The molecule has 0 aliphatic heterocycles. The Bertz CT molecular complexity index is 1000. The third-order valence-corrected chi connectivity index (χ3v) is 4.60. The highest BCUT2D eigenvalue weighted by Crippen LogP contribution is 2.17. The van der Waals surface area contributed by atoms with Gasteiger partial charge in [-0.1, -0.05) is 15.9 Å². The summed E-state index contributed by atoms with van der Waals surface area (Å²) in [4.78, 5) is 31.0. The minimum absolute atomic E-state index is 0.139. The van der Waals surface area contributed by atoms with E-state index in [1.54, 1.807) is 29.2 Å². The number of carbonyl (C=O) groups is 1. The Labute approximate surface area is 158 Å². The molecular formula is C19H17BrFN3O2. The van der Waals surface area contributed by atoms with Crippen molar-refractivity contribution < 1.29 is 9.18 Å². The van der Waals surface area contributed by atoms with Gasteiger partial charge in [-0.2, -0.15) is 0 Å². The normalized spacial score (nSPS) is 10.9. The van der Waals surface area contributed by atoms with Gasteiger partial charge in [-0.25, -0.2) is 9.37 Å². The molecule has 1 aromatic heterocycles. The molecule has 134 valence electrons. The van der Waals surface area contributed by atoms with Gasteiger partial charge in [0.15, 0.2) is 0 Å². The molecule has 0 saturated carbocycles. The maximum Gasteiger partial charge on any atom is 0.261 e. The van der Waals surface area contributed by atoms with E-state index in [1.165, 1.54) is 23.0 Å². The average Bonchev–Trinajstić information content (AvgIpc) is 2.64. The second kappa shape index (κ2) is 7.78. The van der Waals surface area contributed by atoms with Crippen LogP contribution in [0.5, 0.6) is 0 Å². The lowest BCUT2D eigenvalue weighted by Gasteiger charge is -2.21. The Morgan fingerprint density at radius 2 is 1.96 bits per heavy atom. The average molecular weight is 418 g/mol. The van der Waals surface area contributed by atoms with Crippen molar-refractivity contribution in [3.05, 3.63) is 69.4 Å². The monoisotopic (exact) mass is 417 g/mol. The van der Waals surface area contributed by atoms with Crippen molar-refractivity contribution in [2.75, 3.05) is 11.4 Å². The fourth-order valence-electron chi connectivity index (χ4n) is 2.77. The van der Waals surface area contributed by atoms with Gasteiger partial charge in [-0.3, -0.25) is 14.2 Å². The molecule has 0 spiro atoms. The van der Waals surface area contributed by atoms with E-state index in [0.717, 1.165) is 4.47 Å². The van der Waals surface area contributed by atoms with Gasteiger partial charge in [0.1, 0.15) is 5.82 Å². The highest BCUT2D eigenvalue weighted by atomic mass is 79.9. The molecule has 5 nitrogen and oxygen atoms in total. The van der Waals surface area contributed by atoms with Crippen LogP contribution in [0.4, 0.5) is 10.1 Å². The van der Waals surface area contributed by atoms with Gasteiger partial charge in [0.05, 0.1) is 17.2 Å². The number of amides is 1. The molecule has 0 unspecified atom stereocenters. The van der Waals surface area contributed by atoms with Crippen LogP contribution in [0.1, 0.15) is 13.3 Å². The summed E-state index contributed by atoms with van der Waals surface area (Å²) in [5.41, 5.74) is 1.06. The van der Waals surface area contributed by atoms with E-state index in [2.05, 4.69) is 20.9 Å². The van der Waals surface area contributed by atoms with Gasteiger partial charge in [-0.05, 0) is 49.4 Å². The molecule has 26 heavy (non-hydrogen) atoms. The molecule has 7 heteroatoms. The summed E-state index contributed by atoms with van der Waals surface area (Å²) in [7, 11) is 0. The first-order chi connectivity index (χ1) is 12.5. The summed E-state index contributed by atoms with van der Waals surface area (Å²) in [6.07, 6.45) is 1.60. The van der Waals surface area contributed by atoms with E-state index in [-0.39, 0.29) is 30.2 Å². The molecule has 3 rings (SSSR count). The summed E-state index contributed by atoms with van der Waals surface area (Å²) in [6.45, 7) is 2.54. The Hall–Kier alpha value is -2.54. The third kappa shape index (κ3) is 3.83. The summed E-state index contributed by atoms with van der Waals surface area (Å²) in [5, 5.41) is 0.500.